The van der Waals surface area contributed by atoms with Gasteiger partial charge in [-0.3, -0.25) is 10.2 Å². The summed E-state index contributed by atoms with van der Waals surface area (Å²) in [5, 5.41) is 0. The van der Waals surface area contributed by atoms with E-state index in [0.29, 0.717) is 5.69 Å². The first-order chi connectivity index (χ1) is 5.65. The topological polar surface area (TPSA) is 107 Å². The van der Waals surface area contributed by atoms with Crippen molar-refractivity contribution in [2.75, 3.05) is 5.73 Å². The van der Waals surface area contributed by atoms with Gasteiger partial charge < -0.3 is 5.73 Å². The number of hydrazine groups is 1. The third kappa shape index (κ3) is 1.48. The van der Waals surface area contributed by atoms with Crippen molar-refractivity contribution in [2.24, 2.45) is 5.84 Å². The van der Waals surface area contributed by atoms with Crippen LogP contribution in [0.3, 0.4) is 0 Å². The monoisotopic (exact) mass is 167 g/mol. The zero-order chi connectivity index (χ0) is 9.14. The second kappa shape index (κ2) is 3.14. The normalized spacial score (nSPS) is 9.50. The van der Waals surface area contributed by atoms with Gasteiger partial charge >= 0.3 is 0 Å². The van der Waals surface area contributed by atoms with Gasteiger partial charge in [0.2, 0.25) is 0 Å². The summed E-state index contributed by atoms with van der Waals surface area (Å²) in [5.74, 6) is 4.43. The van der Waals surface area contributed by atoms with E-state index in [1.165, 1.54) is 6.20 Å². The molecular weight excluding hydrogens is 158 g/mol. The molecule has 0 fully saturated rings. The second-order valence-electron chi connectivity index (χ2n) is 2.22. The molecule has 1 heterocycles. The third-order valence-electron chi connectivity index (χ3n) is 1.27. The summed E-state index contributed by atoms with van der Waals surface area (Å²) in [6, 6.07) is 0. The van der Waals surface area contributed by atoms with Crippen LogP contribution >= 0.6 is 0 Å². The molecule has 6 nitrogen and oxygen atoms in total. The summed E-state index contributed by atoms with van der Waals surface area (Å²) in [6.45, 7) is 1.71. The predicted octanol–water partition coefficient (Wildman–Crippen LogP) is -1.03. The molecule has 64 valence electrons. The van der Waals surface area contributed by atoms with Crippen LogP contribution in [-0.2, 0) is 0 Å². The number of nitrogens with two attached hydrogens (primary N) is 2. The molecule has 0 saturated carbocycles. The van der Waals surface area contributed by atoms with E-state index in [1.54, 1.807) is 6.92 Å². The maximum atomic E-state index is 11.0. The summed E-state index contributed by atoms with van der Waals surface area (Å²) in [4.78, 5) is 18.6. The van der Waals surface area contributed by atoms with Crippen LogP contribution < -0.4 is 17.0 Å². The largest absolute Gasteiger partial charge is 0.382 e. The molecule has 12 heavy (non-hydrogen) atoms. The maximum absolute atomic E-state index is 11.0. The van der Waals surface area contributed by atoms with E-state index in [9.17, 15) is 4.79 Å². The average molecular weight is 167 g/mol. The van der Waals surface area contributed by atoms with Crippen molar-refractivity contribution >= 4 is 11.7 Å². The number of aryl methyl sites for hydroxylation is 1. The van der Waals surface area contributed by atoms with Gasteiger partial charge in [-0.15, -0.1) is 0 Å². The summed E-state index contributed by atoms with van der Waals surface area (Å²) < 4.78 is 0. The maximum Gasteiger partial charge on any atom is 0.287 e. The standard InChI is InChI=1S/C6H9N5O/c1-3-2-9-5(7)4(10-3)6(12)11-8/h2H,8H2,1H3,(H2,7,9)(H,11,12). The Bertz CT molecular complexity index is 311. The molecule has 1 aromatic heterocycles. The average Bonchev–Trinajstić information content (AvgIpc) is 2.08. The van der Waals surface area contributed by atoms with Crippen molar-refractivity contribution in [2.45, 2.75) is 6.92 Å². The number of aromatic nitrogens is 2. The molecule has 0 bridgehead atoms. The summed E-state index contributed by atoms with van der Waals surface area (Å²) >= 11 is 0. The van der Waals surface area contributed by atoms with E-state index >= 15 is 0 Å². The smallest absolute Gasteiger partial charge is 0.287 e. The second-order valence-corrected chi connectivity index (χ2v) is 2.22. The lowest BCUT2D eigenvalue weighted by Crippen LogP contribution is -2.31. The Balaban J connectivity index is 3.13. The van der Waals surface area contributed by atoms with Gasteiger partial charge in [-0.25, -0.2) is 15.8 Å². The number of nitrogens with one attached hydrogen (secondary N) is 1. The fourth-order valence-corrected chi connectivity index (χ4v) is 0.722. The predicted molar refractivity (Wildman–Crippen MR) is 42.8 cm³/mol. The number of amides is 1. The SMILES string of the molecule is Cc1cnc(N)c(C(=O)NN)n1. The van der Waals surface area contributed by atoms with Crippen LogP contribution in [-0.4, -0.2) is 15.9 Å². The van der Waals surface area contributed by atoms with Gasteiger partial charge in [0.1, 0.15) is 0 Å². The number of nitrogen functional groups attached to an aromatic ring is 2. The molecule has 0 spiro atoms. The summed E-state index contributed by atoms with van der Waals surface area (Å²) in [6.07, 6.45) is 1.47. The van der Waals surface area contributed by atoms with Gasteiger partial charge in [0.25, 0.3) is 5.91 Å². The van der Waals surface area contributed by atoms with E-state index in [0.717, 1.165) is 0 Å². The van der Waals surface area contributed by atoms with E-state index < -0.39 is 5.91 Å². The number of anilines is 1. The Hall–Kier alpha value is -1.69. The number of carbonyl (C=O) groups is 1. The molecule has 0 aliphatic heterocycles. The van der Waals surface area contributed by atoms with Gasteiger partial charge in [0.05, 0.1) is 11.9 Å². The number of carbonyl (C=O) groups excluding carboxylic acids is 1. The first-order valence-corrected chi connectivity index (χ1v) is 3.25. The summed E-state index contributed by atoms with van der Waals surface area (Å²) in [7, 11) is 0. The van der Waals surface area contributed by atoms with Crippen molar-refractivity contribution in [3.05, 3.63) is 17.6 Å². The van der Waals surface area contributed by atoms with Gasteiger partial charge in [0, 0.05) is 0 Å². The Labute approximate surface area is 69.0 Å². The molecular formula is C6H9N5O. The number of rotatable bonds is 1. The Kier molecular flexibility index (Phi) is 2.20. The van der Waals surface area contributed by atoms with Crippen LogP contribution in [0.4, 0.5) is 5.82 Å². The highest BCUT2D eigenvalue weighted by atomic mass is 16.2. The van der Waals surface area contributed by atoms with Crippen LogP contribution in [0.15, 0.2) is 6.20 Å². The molecule has 1 rings (SSSR count). The third-order valence-corrected chi connectivity index (χ3v) is 1.27. The molecule has 0 radical (unpaired) electrons. The lowest BCUT2D eigenvalue weighted by Gasteiger charge is -2.01. The molecule has 5 N–H and O–H groups in total. The molecule has 0 aliphatic rings. The Morgan fingerprint density at radius 1 is 1.67 bits per heavy atom. The van der Waals surface area contributed by atoms with E-state index in [-0.39, 0.29) is 11.5 Å². The number of hydrogen-bond donors (Lipinski definition) is 3. The fourth-order valence-electron chi connectivity index (χ4n) is 0.722. The lowest BCUT2D eigenvalue weighted by molar-refractivity contribution is 0.0949. The minimum atomic E-state index is -0.538. The van der Waals surface area contributed by atoms with Gasteiger partial charge in [-0.1, -0.05) is 0 Å². The minimum Gasteiger partial charge on any atom is -0.382 e. The van der Waals surface area contributed by atoms with Crippen molar-refractivity contribution in [3.8, 4) is 0 Å². The van der Waals surface area contributed by atoms with Crippen LogP contribution in [0, 0.1) is 6.92 Å². The van der Waals surface area contributed by atoms with Crippen molar-refractivity contribution in [1.82, 2.24) is 15.4 Å². The molecule has 0 aromatic carbocycles. The highest BCUT2D eigenvalue weighted by molar-refractivity contribution is 5.95. The van der Waals surface area contributed by atoms with Crippen molar-refractivity contribution in [1.29, 1.82) is 0 Å². The van der Waals surface area contributed by atoms with E-state index in [4.69, 9.17) is 11.6 Å². The minimum absolute atomic E-state index is 0.0532. The quantitative estimate of drug-likeness (QED) is 0.281. The molecule has 0 saturated heterocycles. The molecule has 0 unspecified atom stereocenters. The van der Waals surface area contributed by atoms with Crippen LogP contribution in [0.1, 0.15) is 16.2 Å². The van der Waals surface area contributed by atoms with Gasteiger partial charge in [-0.05, 0) is 6.92 Å². The van der Waals surface area contributed by atoms with E-state index in [2.05, 4.69) is 9.97 Å². The van der Waals surface area contributed by atoms with Crippen molar-refractivity contribution in [3.63, 3.8) is 0 Å². The highest BCUT2D eigenvalue weighted by Gasteiger charge is 2.10. The van der Waals surface area contributed by atoms with Crippen molar-refractivity contribution < 1.29 is 4.79 Å². The molecule has 1 aromatic rings. The Morgan fingerprint density at radius 2 is 2.33 bits per heavy atom. The zero-order valence-corrected chi connectivity index (χ0v) is 6.53. The Morgan fingerprint density at radius 3 is 2.92 bits per heavy atom. The van der Waals surface area contributed by atoms with Gasteiger partial charge in [0.15, 0.2) is 11.5 Å². The first-order valence-electron chi connectivity index (χ1n) is 3.25. The molecule has 0 atom stereocenters. The molecule has 1 amide bonds. The molecule has 6 heteroatoms. The van der Waals surface area contributed by atoms with E-state index in [1.807, 2.05) is 5.43 Å². The molecule has 0 aliphatic carbocycles. The lowest BCUT2D eigenvalue weighted by atomic mass is 10.3. The summed E-state index contributed by atoms with van der Waals surface area (Å²) in [5.41, 5.74) is 7.97. The number of nitrogens with zero attached hydrogens (tertiary/aromatic N) is 2. The first kappa shape index (κ1) is 8.41. The van der Waals surface area contributed by atoms with Crippen LogP contribution in [0.5, 0.6) is 0 Å². The van der Waals surface area contributed by atoms with Crippen LogP contribution in [0.25, 0.3) is 0 Å². The fraction of sp³-hybridized carbons (Fsp3) is 0.167. The zero-order valence-electron chi connectivity index (χ0n) is 6.53. The number of hydrogen-bond acceptors (Lipinski definition) is 5. The van der Waals surface area contributed by atoms with Crippen LogP contribution in [0.2, 0.25) is 0 Å². The highest BCUT2D eigenvalue weighted by Crippen LogP contribution is 2.04. The van der Waals surface area contributed by atoms with Gasteiger partial charge in [-0.2, -0.15) is 0 Å².